The van der Waals surface area contributed by atoms with E-state index >= 15 is 0 Å². The molecule has 5 nitrogen and oxygen atoms in total. The summed E-state index contributed by atoms with van der Waals surface area (Å²) in [4.78, 5) is 29.3. The number of esters is 1. The summed E-state index contributed by atoms with van der Waals surface area (Å²) in [5.41, 5.74) is 1.75. The molecule has 0 bridgehead atoms. The number of aryl methyl sites for hydroxylation is 1. The van der Waals surface area contributed by atoms with Crippen LogP contribution in [-0.4, -0.2) is 30.2 Å². The highest BCUT2D eigenvalue weighted by molar-refractivity contribution is 7.98. The summed E-state index contributed by atoms with van der Waals surface area (Å²) in [5.74, 6) is -0.475. The third-order valence-electron chi connectivity index (χ3n) is 3.79. The lowest BCUT2D eigenvalue weighted by Crippen LogP contribution is -2.30. The Kier molecular flexibility index (Phi) is 7.47. The number of amides is 1. The first-order chi connectivity index (χ1) is 12.1. The molecule has 1 N–H and O–H groups in total. The molecule has 0 aliphatic rings. The van der Waals surface area contributed by atoms with Crippen LogP contribution in [0.15, 0.2) is 53.6 Å². The molecule has 132 valence electrons. The average molecular weight is 358 g/mol. The fourth-order valence-corrected chi connectivity index (χ4v) is 2.80. The molecule has 6 heteroatoms. The van der Waals surface area contributed by atoms with Gasteiger partial charge in [-0.2, -0.15) is 0 Å². The van der Waals surface area contributed by atoms with Crippen LogP contribution < -0.4 is 5.32 Å². The third-order valence-corrected chi connectivity index (χ3v) is 4.53. The minimum atomic E-state index is -0.403. The molecular formula is C19H22N2O3S. The Balaban J connectivity index is 2.01. The second kappa shape index (κ2) is 9.84. The largest absolute Gasteiger partial charge is 0.469 e. The fourth-order valence-electron chi connectivity index (χ4n) is 2.39. The number of pyridine rings is 1. The zero-order chi connectivity index (χ0) is 18.1. The maximum atomic E-state index is 12.3. The number of hydrogen-bond donors (Lipinski definition) is 1. The summed E-state index contributed by atoms with van der Waals surface area (Å²) in [7, 11) is 1.35. The molecule has 1 heterocycles. The molecule has 0 spiro atoms. The Morgan fingerprint density at radius 3 is 2.56 bits per heavy atom. The Bertz CT molecular complexity index is 690. The maximum Gasteiger partial charge on any atom is 0.307 e. The van der Waals surface area contributed by atoms with Crippen molar-refractivity contribution in [3.8, 4) is 0 Å². The molecule has 0 aliphatic heterocycles. The fraction of sp³-hybridized carbons (Fsp3) is 0.316. The highest BCUT2D eigenvalue weighted by atomic mass is 32.2. The third kappa shape index (κ3) is 6.23. The van der Waals surface area contributed by atoms with Gasteiger partial charge in [-0.1, -0.05) is 18.2 Å². The molecule has 0 aliphatic carbocycles. The highest BCUT2D eigenvalue weighted by Crippen LogP contribution is 2.22. The van der Waals surface area contributed by atoms with Crippen molar-refractivity contribution in [3.63, 3.8) is 0 Å². The van der Waals surface area contributed by atoms with Gasteiger partial charge in [-0.3, -0.25) is 14.6 Å². The van der Waals surface area contributed by atoms with Crippen LogP contribution in [0.1, 0.15) is 30.1 Å². The van der Waals surface area contributed by atoms with E-state index in [1.807, 2.05) is 48.7 Å². The van der Waals surface area contributed by atoms with Crippen molar-refractivity contribution in [2.45, 2.75) is 30.2 Å². The highest BCUT2D eigenvalue weighted by Gasteiger charge is 2.19. The second-order valence-electron chi connectivity index (χ2n) is 5.49. The van der Waals surface area contributed by atoms with Gasteiger partial charge in [0.2, 0.25) is 5.91 Å². The van der Waals surface area contributed by atoms with Crippen molar-refractivity contribution in [1.82, 2.24) is 10.3 Å². The molecule has 1 aromatic heterocycles. The summed E-state index contributed by atoms with van der Waals surface area (Å²) < 4.78 is 4.75. The molecule has 2 aromatic rings. The standard InChI is InChI=1S/C19H22N2O3S/c1-24-19(23)13-17(14-6-9-16(25-2)10-7-14)21-18(22)11-8-15-5-3-4-12-20-15/h3-7,9-10,12,17H,8,11,13H2,1-2H3,(H,21,22). The van der Waals surface area contributed by atoms with E-state index in [0.717, 1.165) is 16.2 Å². The maximum absolute atomic E-state index is 12.3. The van der Waals surface area contributed by atoms with Gasteiger partial charge in [0.05, 0.1) is 19.6 Å². The quantitative estimate of drug-likeness (QED) is 0.580. The molecule has 1 amide bonds. The molecule has 1 aromatic carbocycles. The van der Waals surface area contributed by atoms with Gasteiger partial charge in [0, 0.05) is 23.2 Å². The molecular weight excluding hydrogens is 336 g/mol. The zero-order valence-corrected chi connectivity index (χ0v) is 15.2. The van der Waals surface area contributed by atoms with Crippen LogP contribution in [0.25, 0.3) is 0 Å². The molecule has 1 atom stereocenters. The predicted molar refractivity (Wildman–Crippen MR) is 98.3 cm³/mol. The van der Waals surface area contributed by atoms with Gasteiger partial charge in [0.15, 0.2) is 0 Å². The number of nitrogens with one attached hydrogen (secondary N) is 1. The monoisotopic (exact) mass is 358 g/mol. The van der Waals surface area contributed by atoms with Crippen molar-refractivity contribution < 1.29 is 14.3 Å². The minimum Gasteiger partial charge on any atom is -0.469 e. The van der Waals surface area contributed by atoms with E-state index in [2.05, 4.69) is 10.3 Å². The summed E-state index contributed by atoms with van der Waals surface area (Å²) in [5, 5.41) is 2.93. The minimum absolute atomic E-state index is 0.102. The number of carbonyl (C=O) groups excluding carboxylic acids is 2. The first-order valence-electron chi connectivity index (χ1n) is 8.02. The van der Waals surface area contributed by atoms with Crippen molar-refractivity contribution in [1.29, 1.82) is 0 Å². The molecule has 0 radical (unpaired) electrons. The van der Waals surface area contributed by atoms with Crippen LogP contribution in [0.3, 0.4) is 0 Å². The number of hydrogen-bond acceptors (Lipinski definition) is 5. The Morgan fingerprint density at radius 2 is 1.96 bits per heavy atom. The van der Waals surface area contributed by atoms with E-state index in [0.29, 0.717) is 12.8 Å². The Labute approximate surface area is 152 Å². The first kappa shape index (κ1) is 19.0. The van der Waals surface area contributed by atoms with Crippen molar-refractivity contribution >= 4 is 23.6 Å². The number of nitrogens with zero attached hydrogens (tertiary/aromatic N) is 1. The van der Waals surface area contributed by atoms with E-state index < -0.39 is 6.04 Å². The second-order valence-corrected chi connectivity index (χ2v) is 6.37. The van der Waals surface area contributed by atoms with Crippen molar-refractivity contribution in [2.24, 2.45) is 0 Å². The van der Waals surface area contributed by atoms with Crippen molar-refractivity contribution in [2.75, 3.05) is 13.4 Å². The molecule has 25 heavy (non-hydrogen) atoms. The van der Waals surface area contributed by atoms with Gasteiger partial charge in [-0.05, 0) is 42.5 Å². The summed E-state index contributed by atoms with van der Waals surface area (Å²) >= 11 is 1.64. The number of aromatic nitrogens is 1. The van der Waals surface area contributed by atoms with Gasteiger partial charge in [-0.15, -0.1) is 11.8 Å². The number of thioether (sulfide) groups is 1. The molecule has 0 saturated heterocycles. The first-order valence-corrected chi connectivity index (χ1v) is 9.25. The van der Waals surface area contributed by atoms with Crippen LogP contribution >= 0.6 is 11.8 Å². The predicted octanol–water partition coefficient (Wildman–Crippen LogP) is 3.16. The normalized spacial score (nSPS) is 11.6. The Hall–Kier alpha value is -2.34. The van der Waals surface area contributed by atoms with E-state index in [-0.39, 0.29) is 18.3 Å². The lowest BCUT2D eigenvalue weighted by Gasteiger charge is -2.18. The van der Waals surface area contributed by atoms with Crippen LogP contribution in [0, 0.1) is 0 Å². The number of carbonyl (C=O) groups is 2. The van der Waals surface area contributed by atoms with E-state index in [9.17, 15) is 9.59 Å². The topological polar surface area (TPSA) is 68.3 Å². The lowest BCUT2D eigenvalue weighted by atomic mass is 10.0. The summed E-state index contributed by atoms with van der Waals surface area (Å²) in [6, 6.07) is 13.0. The van der Waals surface area contributed by atoms with Crippen LogP contribution in [-0.2, 0) is 20.7 Å². The van der Waals surface area contributed by atoms with E-state index in [1.54, 1.807) is 18.0 Å². The van der Waals surface area contributed by atoms with Gasteiger partial charge in [-0.25, -0.2) is 0 Å². The Morgan fingerprint density at radius 1 is 1.20 bits per heavy atom. The van der Waals surface area contributed by atoms with Gasteiger partial charge in [0.25, 0.3) is 0 Å². The molecule has 2 rings (SSSR count). The van der Waals surface area contributed by atoms with Crippen molar-refractivity contribution in [3.05, 3.63) is 59.9 Å². The van der Waals surface area contributed by atoms with Gasteiger partial charge >= 0.3 is 5.97 Å². The zero-order valence-electron chi connectivity index (χ0n) is 14.4. The van der Waals surface area contributed by atoms with Gasteiger partial charge < -0.3 is 10.1 Å². The number of rotatable bonds is 8. The van der Waals surface area contributed by atoms with E-state index in [4.69, 9.17) is 4.74 Å². The lowest BCUT2D eigenvalue weighted by molar-refractivity contribution is -0.141. The molecule has 0 saturated carbocycles. The average Bonchev–Trinajstić information content (AvgIpc) is 2.66. The molecule has 1 unspecified atom stereocenters. The summed E-state index contributed by atoms with van der Waals surface area (Å²) in [6.45, 7) is 0. The SMILES string of the molecule is COC(=O)CC(NC(=O)CCc1ccccn1)c1ccc(SC)cc1. The number of ether oxygens (including phenoxy) is 1. The van der Waals surface area contributed by atoms with Gasteiger partial charge in [0.1, 0.15) is 0 Å². The number of methoxy groups -OCH3 is 1. The molecule has 0 fully saturated rings. The van der Waals surface area contributed by atoms with Crippen LogP contribution in [0.4, 0.5) is 0 Å². The van der Waals surface area contributed by atoms with Crippen LogP contribution in [0.2, 0.25) is 0 Å². The van der Waals surface area contributed by atoms with E-state index in [1.165, 1.54) is 7.11 Å². The smallest absolute Gasteiger partial charge is 0.307 e. The summed E-state index contributed by atoms with van der Waals surface area (Å²) in [6.07, 6.45) is 4.69. The number of benzene rings is 1. The van der Waals surface area contributed by atoms with Crippen LogP contribution in [0.5, 0.6) is 0 Å².